The van der Waals surface area contributed by atoms with Gasteiger partial charge in [-0.1, -0.05) is 0 Å². The minimum atomic E-state index is -4.34. The molecular formula is C14H13F3N2O2S. The number of aromatic nitrogens is 1. The lowest BCUT2D eigenvalue weighted by Crippen LogP contribution is -2.04. The molecular weight excluding hydrogens is 317 g/mol. The SMILES string of the molecule is CC(=O)OCCc1csc(Nc2ccc(C(F)(F)F)cc2)n1. The number of thiazole rings is 1. The van der Waals surface area contributed by atoms with Crippen molar-refractivity contribution in [3.8, 4) is 0 Å². The summed E-state index contributed by atoms with van der Waals surface area (Å²) >= 11 is 1.33. The Kier molecular flexibility index (Phi) is 5.02. The van der Waals surface area contributed by atoms with Gasteiger partial charge in [0.15, 0.2) is 5.13 Å². The second-order valence-electron chi connectivity index (χ2n) is 4.43. The first-order chi connectivity index (χ1) is 10.3. The number of anilines is 2. The summed E-state index contributed by atoms with van der Waals surface area (Å²) in [5, 5.41) is 5.30. The zero-order valence-electron chi connectivity index (χ0n) is 11.6. The molecule has 2 rings (SSSR count). The fraction of sp³-hybridized carbons (Fsp3) is 0.286. The molecule has 1 aromatic heterocycles. The highest BCUT2D eigenvalue weighted by atomic mass is 32.1. The van der Waals surface area contributed by atoms with Crippen molar-refractivity contribution in [2.75, 3.05) is 11.9 Å². The van der Waals surface area contributed by atoms with Crippen molar-refractivity contribution in [3.63, 3.8) is 0 Å². The van der Waals surface area contributed by atoms with E-state index in [9.17, 15) is 18.0 Å². The van der Waals surface area contributed by atoms with E-state index in [0.29, 0.717) is 17.2 Å². The van der Waals surface area contributed by atoms with Gasteiger partial charge in [-0.05, 0) is 24.3 Å². The molecule has 0 bridgehead atoms. The Balaban J connectivity index is 1.94. The first kappa shape index (κ1) is 16.3. The van der Waals surface area contributed by atoms with Crippen LogP contribution in [0.1, 0.15) is 18.2 Å². The van der Waals surface area contributed by atoms with E-state index in [2.05, 4.69) is 10.3 Å². The normalized spacial score (nSPS) is 11.3. The van der Waals surface area contributed by atoms with Crippen LogP contribution in [0.3, 0.4) is 0 Å². The summed E-state index contributed by atoms with van der Waals surface area (Å²) in [7, 11) is 0. The van der Waals surface area contributed by atoms with Crippen molar-refractivity contribution in [2.24, 2.45) is 0 Å². The third kappa shape index (κ3) is 4.73. The van der Waals surface area contributed by atoms with Crippen LogP contribution in [0.15, 0.2) is 29.6 Å². The second kappa shape index (κ2) is 6.78. The van der Waals surface area contributed by atoms with Crippen molar-refractivity contribution in [1.29, 1.82) is 0 Å². The first-order valence-corrected chi connectivity index (χ1v) is 7.24. The predicted octanol–water partition coefficient (Wildman–Crippen LogP) is 4.01. The molecule has 0 saturated heterocycles. The summed E-state index contributed by atoms with van der Waals surface area (Å²) in [6.07, 6.45) is -3.85. The average molecular weight is 330 g/mol. The van der Waals surface area contributed by atoms with Crippen LogP contribution < -0.4 is 5.32 Å². The summed E-state index contributed by atoms with van der Waals surface area (Å²) in [5.41, 5.74) is 0.578. The molecule has 0 unspecified atom stereocenters. The Hall–Kier alpha value is -2.09. The molecule has 8 heteroatoms. The van der Waals surface area contributed by atoms with Gasteiger partial charge in [-0.2, -0.15) is 13.2 Å². The lowest BCUT2D eigenvalue weighted by molar-refractivity contribution is -0.141. The molecule has 1 N–H and O–H groups in total. The van der Waals surface area contributed by atoms with E-state index in [-0.39, 0.29) is 12.6 Å². The maximum absolute atomic E-state index is 12.5. The van der Waals surface area contributed by atoms with Gasteiger partial charge in [0.05, 0.1) is 17.9 Å². The molecule has 4 nitrogen and oxygen atoms in total. The van der Waals surface area contributed by atoms with Crippen LogP contribution in [-0.4, -0.2) is 17.6 Å². The van der Waals surface area contributed by atoms with E-state index in [1.54, 1.807) is 5.38 Å². The van der Waals surface area contributed by atoms with E-state index in [0.717, 1.165) is 17.8 Å². The Morgan fingerprint density at radius 1 is 1.32 bits per heavy atom. The van der Waals surface area contributed by atoms with Crippen molar-refractivity contribution in [3.05, 3.63) is 40.9 Å². The van der Waals surface area contributed by atoms with Crippen LogP contribution in [0.4, 0.5) is 24.0 Å². The minimum Gasteiger partial charge on any atom is -0.465 e. The van der Waals surface area contributed by atoms with Crippen LogP contribution in [0.2, 0.25) is 0 Å². The average Bonchev–Trinajstić information content (AvgIpc) is 2.85. The molecule has 0 aliphatic rings. The molecule has 118 valence electrons. The summed E-state index contributed by atoms with van der Waals surface area (Å²) in [4.78, 5) is 14.9. The third-order valence-electron chi connectivity index (χ3n) is 2.68. The maximum Gasteiger partial charge on any atom is 0.416 e. The van der Waals surface area contributed by atoms with Crippen molar-refractivity contribution < 1.29 is 22.7 Å². The number of carbonyl (C=O) groups is 1. The molecule has 1 heterocycles. The van der Waals surface area contributed by atoms with E-state index in [1.165, 1.54) is 30.4 Å². The number of benzene rings is 1. The largest absolute Gasteiger partial charge is 0.465 e. The number of hydrogen-bond acceptors (Lipinski definition) is 5. The molecule has 0 aliphatic heterocycles. The van der Waals surface area contributed by atoms with Gasteiger partial charge in [0, 0.05) is 24.4 Å². The Morgan fingerprint density at radius 2 is 2.00 bits per heavy atom. The van der Waals surface area contributed by atoms with Crippen LogP contribution in [0.25, 0.3) is 0 Å². The monoisotopic (exact) mass is 330 g/mol. The molecule has 2 aromatic rings. The number of carbonyl (C=O) groups excluding carboxylic acids is 1. The van der Waals surface area contributed by atoms with Crippen molar-refractivity contribution >= 4 is 28.1 Å². The first-order valence-electron chi connectivity index (χ1n) is 6.36. The van der Waals surface area contributed by atoms with Crippen LogP contribution >= 0.6 is 11.3 Å². The fourth-order valence-electron chi connectivity index (χ4n) is 1.64. The van der Waals surface area contributed by atoms with Gasteiger partial charge in [0.2, 0.25) is 0 Å². The van der Waals surface area contributed by atoms with Gasteiger partial charge in [-0.25, -0.2) is 4.98 Å². The van der Waals surface area contributed by atoms with Crippen LogP contribution in [0.5, 0.6) is 0 Å². The number of hydrogen-bond donors (Lipinski definition) is 1. The van der Waals surface area contributed by atoms with Crippen molar-refractivity contribution in [2.45, 2.75) is 19.5 Å². The number of halogens is 3. The number of esters is 1. The Bertz CT molecular complexity index is 638. The lowest BCUT2D eigenvalue weighted by atomic mass is 10.2. The van der Waals surface area contributed by atoms with Crippen LogP contribution in [-0.2, 0) is 22.1 Å². The number of nitrogens with zero attached hydrogens (tertiary/aromatic N) is 1. The van der Waals surface area contributed by atoms with Gasteiger partial charge < -0.3 is 10.1 Å². The Morgan fingerprint density at radius 3 is 2.59 bits per heavy atom. The smallest absolute Gasteiger partial charge is 0.416 e. The maximum atomic E-state index is 12.5. The number of alkyl halides is 3. The summed E-state index contributed by atoms with van der Waals surface area (Å²) in [6, 6.07) is 4.72. The molecule has 1 aromatic carbocycles. The molecule has 0 radical (unpaired) electrons. The van der Waals surface area contributed by atoms with Crippen LogP contribution in [0, 0.1) is 0 Å². The van der Waals surface area contributed by atoms with Gasteiger partial charge in [0.25, 0.3) is 0 Å². The standard InChI is InChI=1S/C14H13F3N2O2S/c1-9(20)21-7-6-12-8-22-13(19-12)18-11-4-2-10(3-5-11)14(15,16)17/h2-5,8H,6-7H2,1H3,(H,18,19). The molecule has 0 fully saturated rings. The highest BCUT2D eigenvalue weighted by Gasteiger charge is 2.29. The van der Waals surface area contributed by atoms with Gasteiger partial charge >= 0.3 is 12.1 Å². The number of rotatable bonds is 5. The Labute approximate surface area is 128 Å². The van der Waals surface area contributed by atoms with E-state index in [1.807, 2.05) is 0 Å². The van der Waals surface area contributed by atoms with E-state index >= 15 is 0 Å². The minimum absolute atomic E-state index is 0.249. The fourth-order valence-corrected chi connectivity index (χ4v) is 2.41. The molecule has 0 amide bonds. The topological polar surface area (TPSA) is 51.2 Å². The number of ether oxygens (including phenoxy) is 1. The molecule has 0 aliphatic carbocycles. The van der Waals surface area contributed by atoms with Crippen molar-refractivity contribution in [1.82, 2.24) is 4.98 Å². The second-order valence-corrected chi connectivity index (χ2v) is 5.29. The van der Waals surface area contributed by atoms with Gasteiger partial charge in [-0.3, -0.25) is 4.79 Å². The lowest BCUT2D eigenvalue weighted by Gasteiger charge is -2.07. The van der Waals surface area contributed by atoms with E-state index < -0.39 is 11.7 Å². The molecule has 0 saturated carbocycles. The summed E-state index contributed by atoms with van der Waals surface area (Å²) < 4.78 is 42.2. The zero-order valence-corrected chi connectivity index (χ0v) is 12.4. The predicted molar refractivity (Wildman–Crippen MR) is 77.2 cm³/mol. The summed E-state index contributed by atoms with van der Waals surface area (Å²) in [5.74, 6) is -0.349. The highest BCUT2D eigenvalue weighted by Crippen LogP contribution is 2.30. The zero-order chi connectivity index (χ0) is 16.2. The quantitative estimate of drug-likeness (QED) is 0.842. The molecule has 0 spiro atoms. The third-order valence-corrected chi connectivity index (χ3v) is 3.49. The molecule has 22 heavy (non-hydrogen) atoms. The molecule has 0 atom stereocenters. The highest BCUT2D eigenvalue weighted by molar-refractivity contribution is 7.13. The summed E-state index contributed by atoms with van der Waals surface area (Å²) in [6.45, 7) is 1.58. The van der Waals surface area contributed by atoms with Gasteiger partial charge in [-0.15, -0.1) is 11.3 Å². The number of nitrogens with one attached hydrogen (secondary N) is 1. The van der Waals surface area contributed by atoms with E-state index in [4.69, 9.17) is 4.74 Å². The van der Waals surface area contributed by atoms with Gasteiger partial charge in [0.1, 0.15) is 0 Å².